The zero-order valence-electron chi connectivity index (χ0n) is 13.7. The molecule has 0 aliphatic rings. The van der Waals surface area contributed by atoms with Crippen molar-refractivity contribution in [2.75, 3.05) is 7.11 Å². The van der Waals surface area contributed by atoms with E-state index in [4.69, 9.17) is 4.74 Å². The number of carbonyl (C=O) groups excluding carboxylic acids is 1. The zero-order valence-corrected chi connectivity index (χ0v) is 13.7. The molecule has 4 heteroatoms. The first-order valence-corrected chi connectivity index (χ1v) is 7.98. The van der Waals surface area contributed by atoms with Crippen LogP contribution in [0, 0.1) is 0 Å². The van der Waals surface area contributed by atoms with Gasteiger partial charge in [0.2, 0.25) is 0 Å². The van der Waals surface area contributed by atoms with Crippen molar-refractivity contribution in [3.63, 3.8) is 0 Å². The van der Waals surface area contributed by atoms with Crippen LogP contribution < -0.4 is 0 Å². The van der Waals surface area contributed by atoms with Gasteiger partial charge in [0, 0.05) is 5.56 Å². The third-order valence-corrected chi connectivity index (χ3v) is 4.14. The smallest absolute Gasteiger partial charge is 0.337 e. The largest absolute Gasteiger partial charge is 0.465 e. The molecular formula is C21H16N2O2. The van der Waals surface area contributed by atoms with Crippen molar-refractivity contribution in [3.05, 3.63) is 78.4 Å². The van der Waals surface area contributed by atoms with Gasteiger partial charge in [-0.3, -0.25) is 0 Å². The number of nitrogens with one attached hydrogen (secondary N) is 1. The lowest BCUT2D eigenvalue weighted by Crippen LogP contribution is -2.00. The number of aromatic nitrogens is 2. The molecule has 0 atom stereocenters. The second-order valence-electron chi connectivity index (χ2n) is 5.76. The van der Waals surface area contributed by atoms with E-state index in [2.05, 4.69) is 16.0 Å². The predicted molar refractivity (Wildman–Crippen MR) is 98.3 cm³/mol. The molecule has 0 amide bonds. The zero-order chi connectivity index (χ0) is 17.2. The van der Waals surface area contributed by atoms with Gasteiger partial charge in [-0.25, -0.2) is 9.78 Å². The van der Waals surface area contributed by atoms with E-state index in [-0.39, 0.29) is 5.97 Å². The normalized spacial score (nSPS) is 10.8. The van der Waals surface area contributed by atoms with Gasteiger partial charge in [0.25, 0.3) is 0 Å². The number of hydrogen-bond donors (Lipinski definition) is 1. The Balaban J connectivity index is 1.76. The summed E-state index contributed by atoms with van der Waals surface area (Å²) in [5, 5.41) is 0. The molecule has 0 bridgehead atoms. The van der Waals surface area contributed by atoms with Crippen LogP contribution in [0.25, 0.3) is 33.5 Å². The first kappa shape index (κ1) is 15.1. The molecule has 3 aromatic carbocycles. The van der Waals surface area contributed by atoms with Crippen molar-refractivity contribution in [1.29, 1.82) is 0 Å². The van der Waals surface area contributed by atoms with Crippen LogP contribution in [-0.2, 0) is 4.74 Å². The molecule has 0 unspecified atom stereocenters. The lowest BCUT2D eigenvalue weighted by molar-refractivity contribution is 0.0601. The van der Waals surface area contributed by atoms with Gasteiger partial charge < -0.3 is 9.72 Å². The molecule has 0 spiro atoms. The molecule has 122 valence electrons. The first-order valence-electron chi connectivity index (χ1n) is 7.98. The molecule has 0 aliphatic carbocycles. The van der Waals surface area contributed by atoms with Gasteiger partial charge in [0.1, 0.15) is 5.82 Å². The Kier molecular flexibility index (Phi) is 3.78. The molecule has 0 radical (unpaired) electrons. The lowest BCUT2D eigenvalue weighted by Gasteiger charge is -2.06. The number of nitrogens with zero attached hydrogens (tertiary/aromatic N) is 1. The van der Waals surface area contributed by atoms with E-state index in [0.29, 0.717) is 5.56 Å². The van der Waals surface area contributed by atoms with Crippen LogP contribution >= 0.6 is 0 Å². The minimum atomic E-state index is -0.338. The van der Waals surface area contributed by atoms with Gasteiger partial charge in [-0.15, -0.1) is 0 Å². The van der Waals surface area contributed by atoms with Crippen LogP contribution in [-0.4, -0.2) is 23.0 Å². The van der Waals surface area contributed by atoms with E-state index in [1.165, 1.54) is 7.11 Å². The van der Waals surface area contributed by atoms with Crippen molar-refractivity contribution in [3.8, 4) is 22.5 Å². The average molecular weight is 328 g/mol. The second-order valence-corrected chi connectivity index (χ2v) is 5.76. The minimum absolute atomic E-state index is 0.338. The van der Waals surface area contributed by atoms with Crippen LogP contribution in [0.1, 0.15) is 10.4 Å². The molecule has 1 aromatic heterocycles. The second kappa shape index (κ2) is 6.24. The highest BCUT2D eigenvalue weighted by Crippen LogP contribution is 2.27. The minimum Gasteiger partial charge on any atom is -0.465 e. The Morgan fingerprint density at radius 3 is 2.40 bits per heavy atom. The summed E-state index contributed by atoms with van der Waals surface area (Å²) in [5.41, 5.74) is 5.46. The topological polar surface area (TPSA) is 55.0 Å². The Morgan fingerprint density at radius 2 is 1.60 bits per heavy atom. The van der Waals surface area contributed by atoms with Crippen LogP contribution in [0.2, 0.25) is 0 Å². The molecular weight excluding hydrogens is 312 g/mol. The average Bonchev–Trinajstić information content (AvgIpc) is 3.12. The third-order valence-electron chi connectivity index (χ3n) is 4.14. The van der Waals surface area contributed by atoms with E-state index < -0.39 is 0 Å². The summed E-state index contributed by atoms with van der Waals surface area (Å²) < 4.78 is 4.80. The predicted octanol–water partition coefficient (Wildman–Crippen LogP) is 4.68. The number of aromatic amines is 1. The van der Waals surface area contributed by atoms with Gasteiger partial charge >= 0.3 is 5.97 Å². The first-order chi connectivity index (χ1) is 12.2. The molecule has 4 aromatic rings. The number of rotatable bonds is 3. The maximum atomic E-state index is 11.7. The lowest BCUT2D eigenvalue weighted by atomic mass is 10.0. The fraction of sp³-hybridized carbons (Fsp3) is 0.0476. The molecule has 0 saturated heterocycles. The van der Waals surface area contributed by atoms with Gasteiger partial charge in [-0.05, 0) is 41.5 Å². The maximum Gasteiger partial charge on any atom is 0.337 e. The highest BCUT2D eigenvalue weighted by atomic mass is 16.5. The molecule has 0 fully saturated rings. The number of imidazole rings is 1. The Labute approximate surface area is 145 Å². The van der Waals surface area contributed by atoms with Gasteiger partial charge in [-0.1, -0.05) is 42.5 Å². The molecule has 1 N–H and O–H groups in total. The number of fused-ring (bicyclic) bond motifs is 1. The number of methoxy groups -OCH3 is 1. The van der Waals surface area contributed by atoms with Crippen molar-refractivity contribution >= 4 is 17.0 Å². The fourth-order valence-corrected chi connectivity index (χ4v) is 2.88. The van der Waals surface area contributed by atoms with E-state index in [0.717, 1.165) is 33.5 Å². The molecule has 4 rings (SSSR count). The SMILES string of the molecule is COC(=O)c1cccc(-c2cccc(-c3nc4ccccc4[nH]3)c2)c1. The van der Waals surface area contributed by atoms with Crippen molar-refractivity contribution in [2.24, 2.45) is 0 Å². The third kappa shape index (κ3) is 2.90. The fourth-order valence-electron chi connectivity index (χ4n) is 2.88. The molecule has 0 saturated carbocycles. The number of ether oxygens (including phenoxy) is 1. The standard InChI is InChI=1S/C21H16N2O2/c1-25-21(24)17-9-5-7-15(13-17)14-6-4-8-16(12-14)20-22-18-10-2-3-11-19(18)23-20/h2-13H,1H3,(H,22,23). The molecule has 0 aliphatic heterocycles. The van der Waals surface area contributed by atoms with Gasteiger partial charge in [0.05, 0.1) is 23.7 Å². The van der Waals surface area contributed by atoms with Crippen molar-refractivity contribution in [2.45, 2.75) is 0 Å². The number of para-hydroxylation sites is 2. The summed E-state index contributed by atoms with van der Waals surface area (Å²) in [6.07, 6.45) is 0. The van der Waals surface area contributed by atoms with Gasteiger partial charge in [0.15, 0.2) is 0 Å². The monoisotopic (exact) mass is 328 g/mol. The molecule has 1 heterocycles. The number of esters is 1. The maximum absolute atomic E-state index is 11.7. The number of carbonyl (C=O) groups is 1. The van der Waals surface area contributed by atoms with E-state index >= 15 is 0 Å². The summed E-state index contributed by atoms with van der Waals surface area (Å²) in [6.45, 7) is 0. The Bertz CT molecular complexity index is 1030. The Morgan fingerprint density at radius 1 is 0.880 bits per heavy atom. The quantitative estimate of drug-likeness (QED) is 0.555. The molecule has 4 nitrogen and oxygen atoms in total. The number of H-pyrrole nitrogens is 1. The van der Waals surface area contributed by atoms with Crippen LogP contribution in [0.3, 0.4) is 0 Å². The highest BCUT2D eigenvalue weighted by molar-refractivity contribution is 5.91. The highest BCUT2D eigenvalue weighted by Gasteiger charge is 2.09. The number of benzene rings is 3. The summed E-state index contributed by atoms with van der Waals surface area (Å²) >= 11 is 0. The summed E-state index contributed by atoms with van der Waals surface area (Å²) in [7, 11) is 1.39. The van der Waals surface area contributed by atoms with Gasteiger partial charge in [-0.2, -0.15) is 0 Å². The van der Waals surface area contributed by atoms with Crippen LogP contribution in [0.4, 0.5) is 0 Å². The van der Waals surface area contributed by atoms with Crippen molar-refractivity contribution < 1.29 is 9.53 Å². The summed E-state index contributed by atoms with van der Waals surface area (Å²) in [4.78, 5) is 19.7. The van der Waals surface area contributed by atoms with E-state index in [9.17, 15) is 4.79 Å². The number of hydrogen-bond acceptors (Lipinski definition) is 3. The van der Waals surface area contributed by atoms with Crippen LogP contribution in [0.5, 0.6) is 0 Å². The summed E-state index contributed by atoms with van der Waals surface area (Å²) in [6, 6.07) is 23.5. The molecule has 25 heavy (non-hydrogen) atoms. The van der Waals surface area contributed by atoms with E-state index in [1.807, 2.05) is 60.7 Å². The van der Waals surface area contributed by atoms with Crippen LogP contribution in [0.15, 0.2) is 72.8 Å². The Hall–Kier alpha value is -3.40. The van der Waals surface area contributed by atoms with E-state index in [1.54, 1.807) is 6.07 Å². The van der Waals surface area contributed by atoms with Crippen molar-refractivity contribution in [1.82, 2.24) is 9.97 Å². The summed E-state index contributed by atoms with van der Waals surface area (Å²) in [5.74, 6) is 0.488.